The quantitative estimate of drug-likeness (QED) is 0.369. The number of rotatable bonds is 8. The maximum absolute atomic E-state index is 13.8. The van der Waals surface area contributed by atoms with E-state index >= 15 is 0 Å². The van der Waals surface area contributed by atoms with Crippen molar-refractivity contribution in [2.45, 2.75) is 12.5 Å². The molecule has 0 spiro atoms. The molecular formula is C20H17F2N5O4S. The van der Waals surface area contributed by atoms with Crippen molar-refractivity contribution in [2.75, 3.05) is 18.5 Å². The molecule has 0 radical (unpaired) electrons. The average molecular weight is 461 g/mol. The largest absolute Gasteiger partial charge is 0.491 e. The van der Waals surface area contributed by atoms with E-state index in [-0.39, 0.29) is 40.5 Å². The van der Waals surface area contributed by atoms with Gasteiger partial charge < -0.3 is 14.9 Å². The van der Waals surface area contributed by atoms with E-state index in [1.165, 1.54) is 28.0 Å². The van der Waals surface area contributed by atoms with Crippen molar-refractivity contribution in [1.29, 1.82) is 0 Å². The number of carbonyl (C=O) groups is 1. The number of pyridine rings is 1. The number of carbonyl (C=O) groups excluding carboxylic acids is 1. The molecule has 1 amide bonds. The van der Waals surface area contributed by atoms with Crippen LogP contribution in [0.15, 0.2) is 48.1 Å². The number of hydrogen-bond donors (Lipinski definition) is 3. The fourth-order valence-electron chi connectivity index (χ4n) is 2.91. The number of ether oxygens (including phenoxy) is 1. The second kappa shape index (κ2) is 9.34. The number of halogens is 2. The van der Waals surface area contributed by atoms with Crippen LogP contribution in [0.3, 0.4) is 0 Å². The molecule has 3 aromatic heterocycles. The Balaban J connectivity index is 1.68. The predicted octanol–water partition coefficient (Wildman–Crippen LogP) is 2.77. The molecular weight excluding hydrogens is 444 g/mol. The molecule has 1 aromatic carbocycles. The van der Waals surface area contributed by atoms with Gasteiger partial charge >= 0.3 is 0 Å². The summed E-state index contributed by atoms with van der Waals surface area (Å²) in [6.45, 7) is -0.758. The molecule has 4 rings (SSSR count). The summed E-state index contributed by atoms with van der Waals surface area (Å²) in [6.07, 6.45) is -0.865. The molecule has 0 fully saturated rings. The number of nitrogens with zero attached hydrogens (tertiary/aromatic N) is 4. The van der Waals surface area contributed by atoms with Crippen molar-refractivity contribution in [1.82, 2.24) is 19.6 Å². The molecule has 0 aliphatic heterocycles. The number of hydrogen-bond acceptors (Lipinski definition) is 8. The highest BCUT2D eigenvalue weighted by Crippen LogP contribution is 2.33. The third-order valence-electron chi connectivity index (χ3n) is 4.41. The van der Waals surface area contributed by atoms with Gasteiger partial charge in [-0.25, -0.2) is 23.3 Å². The average Bonchev–Trinajstić information content (AvgIpc) is 3.46. The second-order valence-electron chi connectivity index (χ2n) is 6.61. The number of amides is 1. The van der Waals surface area contributed by atoms with Gasteiger partial charge in [0.05, 0.1) is 12.2 Å². The van der Waals surface area contributed by atoms with Crippen LogP contribution in [0.1, 0.15) is 22.3 Å². The Hall–Kier alpha value is -3.48. The Kier molecular flexibility index (Phi) is 6.35. The number of alkyl halides is 2. The molecule has 3 N–H and O–H groups in total. The lowest BCUT2D eigenvalue weighted by Crippen LogP contribution is -2.21. The normalized spacial score (nSPS) is 12.3. The maximum Gasteiger partial charge on any atom is 0.264 e. The topological polar surface area (TPSA) is 122 Å². The summed E-state index contributed by atoms with van der Waals surface area (Å²) < 4.78 is 34.1. The first-order valence-corrected chi connectivity index (χ1v) is 10.2. The van der Waals surface area contributed by atoms with Crippen LogP contribution >= 0.6 is 11.3 Å². The van der Waals surface area contributed by atoms with Gasteiger partial charge in [0.1, 0.15) is 18.5 Å². The lowest BCUT2D eigenvalue weighted by atomic mass is 10.1. The Labute approximate surface area is 184 Å². The van der Waals surface area contributed by atoms with Crippen LogP contribution in [0, 0.1) is 0 Å². The smallest absolute Gasteiger partial charge is 0.264 e. The van der Waals surface area contributed by atoms with E-state index in [2.05, 4.69) is 20.4 Å². The lowest BCUT2D eigenvalue weighted by molar-refractivity contribution is 0.0534. The van der Waals surface area contributed by atoms with E-state index in [9.17, 15) is 18.7 Å². The van der Waals surface area contributed by atoms with E-state index in [1.54, 1.807) is 29.9 Å². The van der Waals surface area contributed by atoms with Gasteiger partial charge in [-0.05, 0) is 30.3 Å². The Morgan fingerprint density at radius 3 is 2.88 bits per heavy atom. The molecule has 0 saturated heterocycles. The molecule has 12 heteroatoms. The van der Waals surface area contributed by atoms with Crippen LogP contribution in [0.4, 0.5) is 13.9 Å². The molecule has 4 aromatic rings. The van der Waals surface area contributed by atoms with E-state index in [4.69, 9.17) is 9.84 Å². The first kappa shape index (κ1) is 21.7. The molecule has 0 saturated carbocycles. The minimum absolute atomic E-state index is 0.0109. The fraction of sp³-hybridized carbons (Fsp3) is 0.200. The van der Waals surface area contributed by atoms with E-state index in [0.717, 1.165) is 6.07 Å². The number of nitrogens with one attached hydrogen (secondary N) is 1. The van der Waals surface area contributed by atoms with E-state index in [1.807, 2.05) is 0 Å². The first-order valence-electron chi connectivity index (χ1n) is 9.36. The maximum atomic E-state index is 13.8. The minimum atomic E-state index is -2.85. The molecule has 0 aliphatic carbocycles. The molecule has 0 unspecified atom stereocenters. The highest BCUT2D eigenvalue weighted by Gasteiger charge is 2.21. The van der Waals surface area contributed by atoms with Crippen LogP contribution in [0.5, 0.6) is 5.75 Å². The summed E-state index contributed by atoms with van der Waals surface area (Å²) in [5.41, 5.74) is 0.108. The Morgan fingerprint density at radius 2 is 2.16 bits per heavy atom. The molecule has 3 heterocycles. The fourth-order valence-corrected chi connectivity index (χ4v) is 3.43. The van der Waals surface area contributed by atoms with Gasteiger partial charge in [-0.3, -0.25) is 10.1 Å². The van der Waals surface area contributed by atoms with Gasteiger partial charge in [-0.2, -0.15) is 0 Å². The highest BCUT2D eigenvalue weighted by atomic mass is 32.1. The zero-order valence-corrected chi connectivity index (χ0v) is 17.2. The molecule has 1 atom stereocenters. The summed E-state index contributed by atoms with van der Waals surface area (Å²) in [7, 11) is 0. The van der Waals surface area contributed by atoms with Crippen LogP contribution < -0.4 is 10.1 Å². The first-order chi connectivity index (χ1) is 15.5. The number of aliphatic hydroxyl groups excluding tert-OH is 2. The SMILES string of the molecule is O=C(Nc1nccs1)c1cccn2nc(-c3ccc(OC[C@H](O)CO)cc3C(F)F)nc12. The van der Waals surface area contributed by atoms with Gasteiger partial charge in [-0.15, -0.1) is 16.4 Å². The Bertz CT molecular complexity index is 1230. The van der Waals surface area contributed by atoms with Crippen molar-refractivity contribution in [2.24, 2.45) is 0 Å². The summed E-state index contributed by atoms with van der Waals surface area (Å²) in [5.74, 6) is -0.342. The lowest BCUT2D eigenvalue weighted by Gasteiger charge is -2.12. The Morgan fingerprint density at radius 1 is 1.31 bits per heavy atom. The van der Waals surface area contributed by atoms with Crippen molar-refractivity contribution >= 4 is 28.0 Å². The third-order valence-corrected chi connectivity index (χ3v) is 5.10. The zero-order chi connectivity index (χ0) is 22.7. The highest BCUT2D eigenvalue weighted by molar-refractivity contribution is 7.13. The van der Waals surface area contributed by atoms with Crippen molar-refractivity contribution in [3.05, 3.63) is 59.2 Å². The second-order valence-corrected chi connectivity index (χ2v) is 7.51. The number of fused-ring (bicyclic) bond motifs is 1. The van der Waals surface area contributed by atoms with Crippen molar-refractivity contribution in [3.8, 4) is 17.1 Å². The number of aromatic nitrogens is 4. The summed E-state index contributed by atoms with van der Waals surface area (Å²) in [4.78, 5) is 21.0. The van der Waals surface area contributed by atoms with Gasteiger partial charge in [0.15, 0.2) is 16.6 Å². The van der Waals surface area contributed by atoms with Gasteiger partial charge in [0.2, 0.25) is 0 Å². The summed E-state index contributed by atoms with van der Waals surface area (Å²) >= 11 is 1.26. The molecule has 0 aliphatic rings. The molecule has 166 valence electrons. The monoisotopic (exact) mass is 461 g/mol. The standard InChI is InChI=1S/C20H17F2N5O4S/c21-16(22)15-8-12(31-10-11(29)9-28)3-4-13(15)17-24-18-14(2-1-6-27(18)26-17)19(30)25-20-23-5-7-32-20/h1-8,11,16,28-29H,9-10H2,(H,23,25,30)/t11-/m1/s1. The number of aliphatic hydroxyl groups is 2. The van der Waals surface area contributed by atoms with Gasteiger partial charge in [0.25, 0.3) is 12.3 Å². The van der Waals surface area contributed by atoms with Crippen LogP contribution in [0.25, 0.3) is 17.0 Å². The van der Waals surface area contributed by atoms with Gasteiger partial charge in [0, 0.05) is 28.9 Å². The molecule has 0 bridgehead atoms. The van der Waals surface area contributed by atoms with Crippen LogP contribution in [-0.4, -0.2) is 55.0 Å². The number of anilines is 1. The minimum Gasteiger partial charge on any atom is -0.491 e. The predicted molar refractivity (Wildman–Crippen MR) is 112 cm³/mol. The summed E-state index contributed by atoms with van der Waals surface area (Å²) in [6, 6.07) is 7.10. The third kappa shape index (κ3) is 4.56. The van der Waals surface area contributed by atoms with Gasteiger partial charge in [-0.1, -0.05) is 0 Å². The van der Waals surface area contributed by atoms with Crippen LogP contribution in [-0.2, 0) is 0 Å². The number of thiazole rings is 1. The van der Waals surface area contributed by atoms with E-state index < -0.39 is 25.0 Å². The molecule has 9 nitrogen and oxygen atoms in total. The van der Waals surface area contributed by atoms with E-state index in [0.29, 0.717) is 5.13 Å². The zero-order valence-electron chi connectivity index (χ0n) is 16.4. The molecule has 32 heavy (non-hydrogen) atoms. The number of benzene rings is 1. The van der Waals surface area contributed by atoms with Crippen molar-refractivity contribution in [3.63, 3.8) is 0 Å². The van der Waals surface area contributed by atoms with Crippen LogP contribution in [0.2, 0.25) is 0 Å². The van der Waals surface area contributed by atoms with Crippen molar-refractivity contribution < 1.29 is 28.5 Å². The summed E-state index contributed by atoms with van der Waals surface area (Å²) in [5, 5.41) is 27.3.